The van der Waals surface area contributed by atoms with Gasteiger partial charge in [-0.15, -0.1) is 0 Å². The fraction of sp³-hybridized carbons (Fsp3) is 0.353. The smallest absolute Gasteiger partial charge is 0.314 e. The lowest BCUT2D eigenvalue weighted by atomic mass is 9.78. The Bertz CT molecular complexity index is 1420. The van der Waals surface area contributed by atoms with Crippen LogP contribution in [0.4, 0.5) is 11.4 Å². The maximum Gasteiger partial charge on any atom is 0.314 e. The second-order valence-electron chi connectivity index (χ2n) is 11.0. The number of hydrogen-bond donors (Lipinski definition) is 2. The molecule has 0 radical (unpaired) electrons. The number of fused-ring (bicyclic) bond motifs is 1. The van der Waals surface area contributed by atoms with E-state index in [0.717, 1.165) is 60.3 Å². The van der Waals surface area contributed by atoms with E-state index in [9.17, 15) is 9.59 Å². The normalized spacial score (nSPS) is 20.9. The molecule has 1 saturated carbocycles. The molecule has 206 valence electrons. The molecule has 3 aromatic carbocycles. The number of ketones is 1. The van der Waals surface area contributed by atoms with E-state index in [0.29, 0.717) is 24.5 Å². The molecule has 6 rings (SSSR count). The van der Waals surface area contributed by atoms with Gasteiger partial charge < -0.3 is 20.1 Å². The monoisotopic (exact) mass is 536 g/mol. The highest BCUT2D eigenvalue weighted by Crippen LogP contribution is 2.45. The van der Waals surface area contributed by atoms with E-state index in [-0.39, 0.29) is 29.6 Å². The van der Waals surface area contributed by atoms with Crippen LogP contribution < -0.4 is 20.1 Å². The Morgan fingerprint density at radius 3 is 2.38 bits per heavy atom. The molecule has 1 aliphatic heterocycles. The van der Waals surface area contributed by atoms with Gasteiger partial charge in [-0.05, 0) is 67.5 Å². The van der Waals surface area contributed by atoms with Crippen LogP contribution in [0.1, 0.15) is 75.0 Å². The second-order valence-corrected chi connectivity index (χ2v) is 11.0. The molecule has 2 aliphatic carbocycles. The highest BCUT2D eigenvalue weighted by Gasteiger charge is 2.36. The quantitative estimate of drug-likeness (QED) is 0.250. The third-order valence-corrected chi connectivity index (χ3v) is 8.33. The van der Waals surface area contributed by atoms with Gasteiger partial charge in [-0.2, -0.15) is 0 Å². The van der Waals surface area contributed by atoms with Crippen LogP contribution in [0.25, 0.3) is 0 Å². The zero-order valence-electron chi connectivity index (χ0n) is 23.0. The zero-order valence-corrected chi connectivity index (χ0v) is 23.0. The Labute approximate surface area is 235 Å². The maximum absolute atomic E-state index is 13.9. The minimum absolute atomic E-state index is 0.0564. The number of hydrogen-bond acceptors (Lipinski definition) is 6. The van der Waals surface area contributed by atoms with Crippen LogP contribution in [0.15, 0.2) is 84.1 Å². The largest absolute Gasteiger partial charge is 0.490 e. The van der Waals surface area contributed by atoms with Crippen molar-refractivity contribution >= 4 is 23.1 Å². The van der Waals surface area contributed by atoms with Crippen LogP contribution in [-0.4, -0.2) is 18.4 Å². The van der Waals surface area contributed by atoms with Crippen LogP contribution >= 0.6 is 0 Å². The van der Waals surface area contributed by atoms with Gasteiger partial charge in [0.25, 0.3) is 0 Å². The Hall–Kier alpha value is -4.06. The van der Waals surface area contributed by atoms with Gasteiger partial charge in [0, 0.05) is 17.7 Å². The highest BCUT2D eigenvalue weighted by molar-refractivity contribution is 6.01. The second kappa shape index (κ2) is 11.6. The van der Waals surface area contributed by atoms with Crippen molar-refractivity contribution in [3.8, 4) is 11.5 Å². The van der Waals surface area contributed by atoms with Gasteiger partial charge in [0.15, 0.2) is 17.3 Å². The average molecular weight is 537 g/mol. The summed E-state index contributed by atoms with van der Waals surface area (Å²) in [6, 6.07) is 23.6. The highest BCUT2D eigenvalue weighted by atomic mass is 16.6. The molecule has 0 unspecified atom stereocenters. The molecule has 2 N–H and O–H groups in total. The lowest BCUT2D eigenvalue weighted by Gasteiger charge is -2.30. The van der Waals surface area contributed by atoms with Crippen LogP contribution in [-0.2, 0) is 9.59 Å². The molecule has 0 spiro atoms. The Balaban J connectivity index is 1.36. The Morgan fingerprint density at radius 1 is 0.850 bits per heavy atom. The number of Topliss-reactive ketones (excluding diaryl/α,β-unsaturated/α-hetero) is 1. The van der Waals surface area contributed by atoms with Crippen molar-refractivity contribution in [2.75, 3.05) is 17.2 Å². The van der Waals surface area contributed by atoms with Crippen LogP contribution in [0.3, 0.4) is 0 Å². The predicted molar refractivity (Wildman–Crippen MR) is 157 cm³/mol. The molecule has 0 amide bonds. The molecule has 0 aromatic heterocycles. The van der Waals surface area contributed by atoms with Gasteiger partial charge in [0.1, 0.15) is 0 Å². The third-order valence-electron chi connectivity index (χ3n) is 8.33. The van der Waals surface area contributed by atoms with Crippen molar-refractivity contribution in [3.63, 3.8) is 0 Å². The summed E-state index contributed by atoms with van der Waals surface area (Å²) in [5, 5.41) is 7.24. The SMILES string of the molecule is CCOc1cc([C@H]2Nc3ccccc3NC3=C2C(=O)C[C@H](c2ccccc2)C3)ccc1OC(=O)C1CCCCC1. The summed E-state index contributed by atoms with van der Waals surface area (Å²) in [5.41, 5.74) is 5.63. The lowest BCUT2D eigenvalue weighted by molar-refractivity contribution is -0.140. The molecule has 6 heteroatoms. The topological polar surface area (TPSA) is 76.7 Å². The molecule has 3 aliphatic rings. The van der Waals surface area contributed by atoms with Gasteiger partial charge in [-0.3, -0.25) is 9.59 Å². The first-order valence-corrected chi connectivity index (χ1v) is 14.5. The summed E-state index contributed by atoms with van der Waals surface area (Å²) in [5.74, 6) is 0.952. The third kappa shape index (κ3) is 5.35. The van der Waals surface area contributed by atoms with Crippen molar-refractivity contribution < 1.29 is 19.1 Å². The van der Waals surface area contributed by atoms with Crippen molar-refractivity contribution in [1.29, 1.82) is 0 Å². The van der Waals surface area contributed by atoms with Gasteiger partial charge in [-0.1, -0.05) is 67.8 Å². The van der Waals surface area contributed by atoms with E-state index >= 15 is 0 Å². The summed E-state index contributed by atoms with van der Waals surface area (Å²) in [6.07, 6.45) is 6.26. The first-order chi connectivity index (χ1) is 19.6. The van der Waals surface area contributed by atoms with Crippen molar-refractivity contribution in [2.45, 2.75) is 63.8 Å². The maximum atomic E-state index is 13.9. The number of anilines is 2. The molecule has 2 atom stereocenters. The summed E-state index contributed by atoms with van der Waals surface area (Å²) < 4.78 is 11.8. The minimum Gasteiger partial charge on any atom is -0.490 e. The van der Waals surface area contributed by atoms with Crippen molar-refractivity contribution in [3.05, 3.63) is 95.2 Å². The van der Waals surface area contributed by atoms with Crippen molar-refractivity contribution in [1.82, 2.24) is 0 Å². The Morgan fingerprint density at radius 2 is 1.60 bits per heavy atom. The number of benzene rings is 3. The van der Waals surface area contributed by atoms with E-state index in [4.69, 9.17) is 9.47 Å². The molecule has 1 fully saturated rings. The standard InChI is InChI=1S/C34H36N2O4/c1-2-39-31-21-24(17-18-30(31)40-34(38)23-13-7-4-8-14-23)33-32-28(35-26-15-9-10-16-27(26)36-33)19-25(20-29(32)37)22-11-5-3-6-12-22/h3,5-6,9-12,15-18,21,23,25,33,35-36H,2,4,7-8,13-14,19-20H2,1H3/t25-,33-/m1/s1. The van der Waals surface area contributed by atoms with Crippen molar-refractivity contribution in [2.24, 2.45) is 5.92 Å². The van der Waals surface area contributed by atoms with Gasteiger partial charge >= 0.3 is 5.97 Å². The minimum atomic E-state index is -0.377. The fourth-order valence-electron chi connectivity index (χ4n) is 6.29. The molecule has 1 heterocycles. The fourth-order valence-corrected chi connectivity index (χ4v) is 6.29. The Kier molecular flexibility index (Phi) is 7.58. The molecular weight excluding hydrogens is 500 g/mol. The van der Waals surface area contributed by atoms with Gasteiger partial charge in [-0.25, -0.2) is 0 Å². The number of esters is 1. The number of carbonyl (C=O) groups excluding carboxylic acids is 2. The summed E-state index contributed by atoms with van der Waals surface area (Å²) in [4.78, 5) is 26.8. The lowest BCUT2D eigenvalue weighted by Crippen LogP contribution is -2.27. The van der Waals surface area contributed by atoms with Crippen LogP contribution in [0.5, 0.6) is 11.5 Å². The van der Waals surface area contributed by atoms with E-state index in [2.05, 4.69) is 22.8 Å². The zero-order chi connectivity index (χ0) is 27.5. The molecule has 6 nitrogen and oxygen atoms in total. The average Bonchev–Trinajstić information content (AvgIpc) is 3.16. The molecule has 0 saturated heterocycles. The van der Waals surface area contributed by atoms with Crippen LogP contribution in [0.2, 0.25) is 0 Å². The first-order valence-electron chi connectivity index (χ1n) is 14.5. The van der Waals surface area contributed by atoms with Gasteiger partial charge in [0.05, 0.1) is 29.9 Å². The molecular formula is C34H36N2O4. The summed E-state index contributed by atoms with van der Waals surface area (Å²) in [7, 11) is 0. The van der Waals surface area contributed by atoms with E-state index in [1.807, 2.05) is 67.6 Å². The number of para-hydroxylation sites is 2. The number of rotatable bonds is 6. The van der Waals surface area contributed by atoms with E-state index < -0.39 is 0 Å². The van der Waals surface area contributed by atoms with Crippen LogP contribution in [0, 0.1) is 5.92 Å². The first kappa shape index (κ1) is 26.2. The molecule has 0 bridgehead atoms. The molecule has 40 heavy (non-hydrogen) atoms. The predicted octanol–water partition coefficient (Wildman–Crippen LogP) is 7.55. The number of allylic oxidation sites excluding steroid dienone is 1. The summed E-state index contributed by atoms with van der Waals surface area (Å²) in [6.45, 7) is 2.35. The summed E-state index contributed by atoms with van der Waals surface area (Å²) >= 11 is 0. The van der Waals surface area contributed by atoms with Gasteiger partial charge in [0.2, 0.25) is 0 Å². The number of carbonyl (C=O) groups is 2. The molecule has 3 aromatic rings. The number of nitrogens with one attached hydrogen (secondary N) is 2. The number of ether oxygens (including phenoxy) is 2. The van der Waals surface area contributed by atoms with E-state index in [1.165, 1.54) is 12.0 Å². The van der Waals surface area contributed by atoms with E-state index in [1.54, 1.807) is 0 Å².